The normalized spacial score (nSPS) is 35.2. The fraction of sp³-hybridized carbons (Fsp3) is 0.615. The number of methoxy groups -OCH3 is 1. The molecule has 18 heavy (non-hydrogen) atoms. The number of fused-ring (bicyclic) bond motifs is 2. The summed E-state index contributed by atoms with van der Waals surface area (Å²) in [6.07, 6.45) is 2.91. The zero-order valence-corrected chi connectivity index (χ0v) is 10.4. The van der Waals surface area contributed by atoms with Crippen molar-refractivity contribution in [2.45, 2.75) is 30.5 Å². The van der Waals surface area contributed by atoms with E-state index in [1.54, 1.807) is 13.3 Å². The van der Waals surface area contributed by atoms with Gasteiger partial charge in [0.1, 0.15) is 17.0 Å². The van der Waals surface area contributed by atoms with Gasteiger partial charge in [-0.3, -0.25) is 4.98 Å². The van der Waals surface area contributed by atoms with Crippen molar-refractivity contribution in [2.75, 3.05) is 20.3 Å². The van der Waals surface area contributed by atoms with Gasteiger partial charge in [-0.05, 0) is 25.0 Å². The van der Waals surface area contributed by atoms with Crippen LogP contribution in [-0.2, 0) is 10.3 Å². The lowest BCUT2D eigenvalue weighted by atomic mass is 9.80. The number of aromatic nitrogens is 1. The third-order valence-electron chi connectivity index (χ3n) is 3.71. The second kappa shape index (κ2) is 4.50. The van der Waals surface area contributed by atoms with E-state index in [1.807, 2.05) is 12.1 Å². The first-order chi connectivity index (χ1) is 8.71. The van der Waals surface area contributed by atoms with Crippen molar-refractivity contribution in [3.63, 3.8) is 0 Å². The van der Waals surface area contributed by atoms with Crippen LogP contribution < -0.4 is 10.1 Å². The predicted molar refractivity (Wildman–Crippen MR) is 65.5 cm³/mol. The summed E-state index contributed by atoms with van der Waals surface area (Å²) in [4.78, 5) is 4.33. The van der Waals surface area contributed by atoms with Gasteiger partial charge in [0, 0.05) is 18.3 Å². The molecule has 98 valence electrons. The monoisotopic (exact) mass is 250 g/mol. The van der Waals surface area contributed by atoms with E-state index in [4.69, 9.17) is 9.47 Å². The van der Waals surface area contributed by atoms with Crippen molar-refractivity contribution in [2.24, 2.45) is 0 Å². The van der Waals surface area contributed by atoms with E-state index in [-0.39, 0.29) is 12.1 Å². The van der Waals surface area contributed by atoms with Crippen molar-refractivity contribution in [3.8, 4) is 5.75 Å². The molecule has 3 heterocycles. The molecule has 5 nitrogen and oxygen atoms in total. The van der Waals surface area contributed by atoms with Crippen LogP contribution in [0.3, 0.4) is 0 Å². The van der Waals surface area contributed by atoms with Crippen LogP contribution in [-0.4, -0.2) is 42.5 Å². The first-order valence-electron chi connectivity index (χ1n) is 6.27. The number of nitrogens with zero attached hydrogens (tertiary/aromatic N) is 1. The minimum Gasteiger partial charge on any atom is -0.495 e. The first-order valence-corrected chi connectivity index (χ1v) is 6.27. The largest absolute Gasteiger partial charge is 0.495 e. The summed E-state index contributed by atoms with van der Waals surface area (Å²) in [7, 11) is 1.61. The van der Waals surface area contributed by atoms with Gasteiger partial charge < -0.3 is 19.9 Å². The number of ether oxygens (including phenoxy) is 2. The second-order valence-electron chi connectivity index (χ2n) is 5.09. The van der Waals surface area contributed by atoms with Crippen molar-refractivity contribution >= 4 is 0 Å². The molecular formula is C13H18N2O3. The highest BCUT2D eigenvalue weighted by molar-refractivity contribution is 5.32. The molecule has 0 amide bonds. The minimum absolute atomic E-state index is 0.189. The Bertz CT molecular complexity index is 426. The van der Waals surface area contributed by atoms with E-state index < -0.39 is 5.60 Å². The Morgan fingerprint density at radius 1 is 1.44 bits per heavy atom. The number of aliphatic hydroxyl groups is 1. The van der Waals surface area contributed by atoms with E-state index in [2.05, 4.69) is 10.3 Å². The lowest BCUT2D eigenvalue weighted by Crippen LogP contribution is -2.58. The maximum Gasteiger partial charge on any atom is 0.143 e. The lowest BCUT2D eigenvalue weighted by Gasteiger charge is -2.44. The Morgan fingerprint density at radius 3 is 2.83 bits per heavy atom. The second-order valence-corrected chi connectivity index (χ2v) is 5.09. The fourth-order valence-electron chi connectivity index (χ4n) is 3.01. The molecule has 5 heteroatoms. The van der Waals surface area contributed by atoms with Crippen LogP contribution in [0, 0.1) is 0 Å². The van der Waals surface area contributed by atoms with Crippen molar-refractivity contribution in [1.29, 1.82) is 0 Å². The summed E-state index contributed by atoms with van der Waals surface area (Å²) in [5.74, 6) is 0.654. The van der Waals surface area contributed by atoms with Gasteiger partial charge >= 0.3 is 0 Å². The standard InChI is InChI=1S/C13H18N2O3/c1-17-11-3-2-4-14-12(11)13(16)5-9-7-18-8-10(6-13)15-9/h2-4,9-10,15-16H,5-8H2,1H3. The first kappa shape index (κ1) is 11.9. The Morgan fingerprint density at radius 2 is 2.17 bits per heavy atom. The van der Waals surface area contributed by atoms with Crippen LogP contribution in [0.5, 0.6) is 5.75 Å². The van der Waals surface area contributed by atoms with Crippen molar-refractivity contribution in [1.82, 2.24) is 10.3 Å². The molecule has 3 rings (SSSR count). The fourth-order valence-corrected chi connectivity index (χ4v) is 3.01. The molecule has 0 aliphatic carbocycles. The lowest BCUT2D eigenvalue weighted by molar-refractivity contribution is -0.0833. The van der Waals surface area contributed by atoms with E-state index >= 15 is 0 Å². The highest BCUT2D eigenvalue weighted by Crippen LogP contribution is 2.39. The molecule has 1 aromatic rings. The highest BCUT2D eigenvalue weighted by Gasteiger charge is 2.44. The molecule has 2 fully saturated rings. The van der Waals surface area contributed by atoms with Gasteiger partial charge in [0.25, 0.3) is 0 Å². The molecule has 0 saturated carbocycles. The van der Waals surface area contributed by atoms with Gasteiger partial charge in [0.05, 0.1) is 20.3 Å². The molecule has 2 unspecified atom stereocenters. The third kappa shape index (κ3) is 1.98. The Balaban J connectivity index is 1.94. The molecule has 0 spiro atoms. The zero-order chi connectivity index (χ0) is 12.6. The van der Waals surface area contributed by atoms with Crippen LogP contribution in [0.4, 0.5) is 0 Å². The number of piperidine rings is 1. The summed E-state index contributed by atoms with van der Waals surface area (Å²) in [5, 5.41) is 14.4. The molecule has 2 atom stereocenters. The number of nitrogens with one attached hydrogen (secondary N) is 1. The van der Waals surface area contributed by atoms with E-state index in [0.717, 1.165) is 0 Å². The van der Waals surface area contributed by atoms with Crippen LogP contribution >= 0.6 is 0 Å². The Labute approximate surface area is 106 Å². The highest BCUT2D eigenvalue weighted by atomic mass is 16.5. The maximum absolute atomic E-state index is 10.9. The molecule has 1 aromatic heterocycles. The third-order valence-corrected chi connectivity index (χ3v) is 3.71. The predicted octanol–water partition coefficient (Wildman–Crippen LogP) is 0.429. The van der Waals surface area contributed by atoms with Crippen molar-refractivity contribution in [3.05, 3.63) is 24.0 Å². The van der Waals surface area contributed by atoms with Gasteiger partial charge in [0.2, 0.25) is 0 Å². The molecule has 2 aliphatic heterocycles. The van der Waals surface area contributed by atoms with E-state index in [9.17, 15) is 5.11 Å². The SMILES string of the molecule is COc1cccnc1C1(O)CC2COCC(C1)N2. The van der Waals surface area contributed by atoms with Crippen LogP contribution in [0.2, 0.25) is 0 Å². The number of hydrogen-bond donors (Lipinski definition) is 2. The quantitative estimate of drug-likeness (QED) is 0.797. The van der Waals surface area contributed by atoms with Gasteiger partial charge in [-0.15, -0.1) is 0 Å². The average Bonchev–Trinajstić information content (AvgIpc) is 2.38. The summed E-state index contributed by atoms with van der Waals surface area (Å²) < 4.78 is 10.8. The van der Waals surface area contributed by atoms with Crippen LogP contribution in [0.1, 0.15) is 18.5 Å². The molecular weight excluding hydrogens is 232 g/mol. The molecule has 0 aromatic carbocycles. The average molecular weight is 250 g/mol. The topological polar surface area (TPSA) is 63.6 Å². The minimum atomic E-state index is -0.920. The summed E-state index contributed by atoms with van der Waals surface area (Å²) in [6, 6.07) is 4.04. The summed E-state index contributed by atoms with van der Waals surface area (Å²) in [6.45, 7) is 1.29. The van der Waals surface area contributed by atoms with Gasteiger partial charge in [-0.1, -0.05) is 0 Å². The Hall–Kier alpha value is -1.17. The number of hydrogen-bond acceptors (Lipinski definition) is 5. The maximum atomic E-state index is 10.9. The smallest absolute Gasteiger partial charge is 0.143 e. The zero-order valence-electron chi connectivity index (χ0n) is 10.4. The number of morpholine rings is 1. The molecule has 2 saturated heterocycles. The molecule has 2 aliphatic rings. The van der Waals surface area contributed by atoms with Gasteiger partial charge in [-0.25, -0.2) is 0 Å². The number of pyridine rings is 1. The van der Waals surface area contributed by atoms with Crippen LogP contribution in [0.15, 0.2) is 18.3 Å². The summed E-state index contributed by atoms with van der Waals surface area (Å²) in [5.41, 5.74) is -0.275. The molecule has 2 N–H and O–H groups in total. The summed E-state index contributed by atoms with van der Waals surface area (Å²) >= 11 is 0. The van der Waals surface area contributed by atoms with Gasteiger partial charge in [0.15, 0.2) is 0 Å². The van der Waals surface area contributed by atoms with E-state index in [1.165, 1.54) is 0 Å². The number of rotatable bonds is 2. The van der Waals surface area contributed by atoms with Gasteiger partial charge in [-0.2, -0.15) is 0 Å². The van der Waals surface area contributed by atoms with Crippen molar-refractivity contribution < 1.29 is 14.6 Å². The van der Waals surface area contributed by atoms with Crippen LogP contribution in [0.25, 0.3) is 0 Å². The Kier molecular flexibility index (Phi) is 2.97. The molecule has 2 bridgehead atoms. The van der Waals surface area contributed by atoms with E-state index in [0.29, 0.717) is 37.5 Å². The molecule has 0 radical (unpaired) electrons.